The fourth-order valence-corrected chi connectivity index (χ4v) is 3.46. The lowest BCUT2D eigenvalue weighted by Gasteiger charge is -2.19. The third-order valence-electron chi connectivity index (χ3n) is 5.67. The summed E-state index contributed by atoms with van der Waals surface area (Å²) in [6, 6.07) is 11.4. The number of hydrogen-bond donors (Lipinski definition) is 1. The molecule has 1 saturated carbocycles. The van der Waals surface area contributed by atoms with Gasteiger partial charge in [0, 0.05) is 6.04 Å². The molecule has 0 radical (unpaired) electrons. The van der Waals surface area contributed by atoms with E-state index in [1.807, 2.05) is 0 Å². The predicted molar refractivity (Wildman–Crippen MR) is 83.1 cm³/mol. The molecule has 0 heterocycles. The van der Waals surface area contributed by atoms with Crippen LogP contribution in [0.25, 0.3) is 0 Å². The van der Waals surface area contributed by atoms with Gasteiger partial charge >= 0.3 is 0 Å². The molecule has 0 aromatic heterocycles. The van der Waals surface area contributed by atoms with Gasteiger partial charge in [0.2, 0.25) is 0 Å². The molecule has 0 spiro atoms. The van der Waals surface area contributed by atoms with Crippen molar-refractivity contribution >= 4 is 0 Å². The van der Waals surface area contributed by atoms with E-state index in [0.29, 0.717) is 16.9 Å². The molecule has 0 amide bonds. The molecule has 106 valence electrons. The summed E-state index contributed by atoms with van der Waals surface area (Å²) in [5.41, 5.74) is 2.39. The Bertz CT molecular complexity index is 391. The first kappa shape index (κ1) is 14.6. The van der Waals surface area contributed by atoms with Gasteiger partial charge in [0.25, 0.3) is 0 Å². The zero-order valence-corrected chi connectivity index (χ0v) is 13.2. The molecular formula is C18H29N. The van der Waals surface area contributed by atoms with Crippen LogP contribution >= 0.6 is 0 Å². The Morgan fingerprint density at radius 2 is 1.63 bits per heavy atom. The van der Waals surface area contributed by atoms with Gasteiger partial charge < -0.3 is 5.32 Å². The van der Waals surface area contributed by atoms with E-state index in [2.05, 4.69) is 70.3 Å². The molecule has 1 aromatic rings. The molecule has 1 heteroatoms. The van der Waals surface area contributed by atoms with Crippen LogP contribution in [0.2, 0.25) is 0 Å². The second-order valence-electron chi connectivity index (χ2n) is 7.16. The number of rotatable bonds is 6. The lowest BCUT2D eigenvalue weighted by atomic mass is 10.0. The Morgan fingerprint density at radius 3 is 2.11 bits per heavy atom. The van der Waals surface area contributed by atoms with Crippen LogP contribution in [0.15, 0.2) is 30.3 Å². The Morgan fingerprint density at radius 1 is 1.05 bits per heavy atom. The highest BCUT2D eigenvalue weighted by Crippen LogP contribution is 2.68. The molecule has 1 atom stereocenters. The van der Waals surface area contributed by atoms with Gasteiger partial charge in [-0.2, -0.15) is 0 Å². The topological polar surface area (TPSA) is 12.0 Å². The van der Waals surface area contributed by atoms with E-state index in [1.54, 1.807) is 0 Å². The standard InChI is InChI=1S/C18H29N/c1-6-10-15(14-11-8-7-9-12-14)19-13-16-17(2,3)18(16,4)5/h7-9,11-12,15-16,19H,6,10,13H2,1-5H3. The summed E-state index contributed by atoms with van der Waals surface area (Å²) in [5, 5.41) is 3.81. The van der Waals surface area contributed by atoms with Gasteiger partial charge in [-0.15, -0.1) is 0 Å². The summed E-state index contributed by atoms with van der Waals surface area (Å²) in [4.78, 5) is 0. The summed E-state index contributed by atoms with van der Waals surface area (Å²) >= 11 is 0. The van der Waals surface area contributed by atoms with Crippen molar-refractivity contribution in [2.45, 2.75) is 53.5 Å². The van der Waals surface area contributed by atoms with Crippen molar-refractivity contribution in [3.05, 3.63) is 35.9 Å². The van der Waals surface area contributed by atoms with Gasteiger partial charge in [0.1, 0.15) is 0 Å². The molecule has 0 aliphatic heterocycles. The van der Waals surface area contributed by atoms with Gasteiger partial charge in [-0.05, 0) is 35.3 Å². The third kappa shape index (κ3) is 2.72. The average Bonchev–Trinajstić information content (AvgIpc) is 2.77. The van der Waals surface area contributed by atoms with Crippen molar-refractivity contribution in [3.8, 4) is 0 Å². The van der Waals surface area contributed by atoms with Crippen molar-refractivity contribution in [2.24, 2.45) is 16.7 Å². The first-order valence-electron chi connectivity index (χ1n) is 7.69. The minimum Gasteiger partial charge on any atom is -0.310 e. The first-order chi connectivity index (χ1) is 8.91. The van der Waals surface area contributed by atoms with Crippen molar-refractivity contribution in [1.82, 2.24) is 5.32 Å². The largest absolute Gasteiger partial charge is 0.310 e. The van der Waals surface area contributed by atoms with Gasteiger partial charge in [0.15, 0.2) is 0 Å². The van der Waals surface area contributed by atoms with E-state index < -0.39 is 0 Å². The number of nitrogens with one attached hydrogen (secondary N) is 1. The van der Waals surface area contributed by atoms with Crippen LogP contribution in [0.3, 0.4) is 0 Å². The van der Waals surface area contributed by atoms with E-state index in [9.17, 15) is 0 Å². The van der Waals surface area contributed by atoms with Gasteiger partial charge in [-0.3, -0.25) is 0 Å². The summed E-state index contributed by atoms with van der Waals surface area (Å²) in [6.07, 6.45) is 2.45. The van der Waals surface area contributed by atoms with Crippen LogP contribution in [-0.2, 0) is 0 Å². The van der Waals surface area contributed by atoms with Crippen LogP contribution < -0.4 is 5.32 Å². The molecule has 19 heavy (non-hydrogen) atoms. The van der Waals surface area contributed by atoms with Gasteiger partial charge in [-0.1, -0.05) is 71.4 Å². The summed E-state index contributed by atoms with van der Waals surface area (Å²) < 4.78 is 0. The lowest BCUT2D eigenvalue weighted by molar-refractivity contribution is 0.447. The minimum absolute atomic E-state index is 0.480. The molecule has 1 aliphatic carbocycles. The SMILES string of the molecule is CCCC(NCC1C(C)(C)C1(C)C)c1ccccc1. The first-order valence-corrected chi connectivity index (χ1v) is 7.69. The van der Waals surface area contributed by atoms with E-state index in [1.165, 1.54) is 18.4 Å². The van der Waals surface area contributed by atoms with E-state index in [4.69, 9.17) is 0 Å². The smallest absolute Gasteiger partial charge is 0.0320 e. The number of benzene rings is 1. The maximum atomic E-state index is 3.81. The minimum atomic E-state index is 0.480. The highest BCUT2D eigenvalue weighted by Gasteiger charge is 2.63. The van der Waals surface area contributed by atoms with Crippen molar-refractivity contribution < 1.29 is 0 Å². The molecule has 1 aliphatic rings. The molecule has 2 rings (SSSR count). The third-order valence-corrected chi connectivity index (χ3v) is 5.67. The maximum Gasteiger partial charge on any atom is 0.0320 e. The molecule has 1 N–H and O–H groups in total. The quantitative estimate of drug-likeness (QED) is 0.774. The monoisotopic (exact) mass is 259 g/mol. The van der Waals surface area contributed by atoms with Crippen molar-refractivity contribution in [2.75, 3.05) is 6.54 Å². The van der Waals surface area contributed by atoms with Gasteiger partial charge in [-0.25, -0.2) is 0 Å². The predicted octanol–water partition coefficient (Wildman–Crippen LogP) is 4.80. The van der Waals surface area contributed by atoms with Crippen LogP contribution in [-0.4, -0.2) is 6.54 Å². The van der Waals surface area contributed by atoms with Gasteiger partial charge in [0.05, 0.1) is 0 Å². The van der Waals surface area contributed by atoms with E-state index in [-0.39, 0.29) is 0 Å². The molecule has 1 aromatic carbocycles. The van der Waals surface area contributed by atoms with Crippen LogP contribution in [0.4, 0.5) is 0 Å². The molecule has 0 saturated heterocycles. The summed E-state index contributed by atoms with van der Waals surface area (Å²) in [6.45, 7) is 13.0. The maximum absolute atomic E-state index is 3.81. The van der Waals surface area contributed by atoms with Crippen molar-refractivity contribution in [1.29, 1.82) is 0 Å². The highest BCUT2D eigenvalue weighted by atomic mass is 14.9. The van der Waals surface area contributed by atoms with Crippen molar-refractivity contribution in [3.63, 3.8) is 0 Å². The van der Waals surface area contributed by atoms with E-state index in [0.717, 1.165) is 12.5 Å². The highest BCUT2D eigenvalue weighted by molar-refractivity contribution is 5.19. The Hall–Kier alpha value is -0.820. The molecule has 0 bridgehead atoms. The second-order valence-corrected chi connectivity index (χ2v) is 7.16. The van der Waals surface area contributed by atoms with Crippen LogP contribution in [0, 0.1) is 16.7 Å². The zero-order chi connectivity index (χ0) is 14.1. The fourth-order valence-electron chi connectivity index (χ4n) is 3.46. The molecule has 1 unspecified atom stereocenters. The Kier molecular flexibility index (Phi) is 4.06. The Labute approximate surface area is 118 Å². The lowest BCUT2D eigenvalue weighted by Crippen LogP contribution is -2.25. The zero-order valence-electron chi connectivity index (χ0n) is 13.2. The summed E-state index contributed by atoms with van der Waals surface area (Å²) in [7, 11) is 0. The molecule has 1 fully saturated rings. The number of hydrogen-bond acceptors (Lipinski definition) is 1. The van der Waals surface area contributed by atoms with E-state index >= 15 is 0 Å². The Balaban J connectivity index is 1.96. The average molecular weight is 259 g/mol. The molecule has 1 nitrogen and oxygen atoms in total. The summed E-state index contributed by atoms with van der Waals surface area (Å²) in [5.74, 6) is 0.795. The normalized spacial score (nSPS) is 22.2. The van der Waals surface area contributed by atoms with Crippen LogP contribution in [0.5, 0.6) is 0 Å². The molecular weight excluding hydrogens is 230 g/mol. The van der Waals surface area contributed by atoms with Crippen LogP contribution in [0.1, 0.15) is 59.1 Å². The fraction of sp³-hybridized carbons (Fsp3) is 0.667. The second kappa shape index (κ2) is 5.28.